The molecule has 2 heterocycles. The monoisotopic (exact) mass is 429 g/mol. The highest BCUT2D eigenvalue weighted by atomic mass is 32.1. The molecule has 1 fully saturated rings. The van der Waals surface area contributed by atoms with Gasteiger partial charge in [0.1, 0.15) is 16.3 Å². The first-order valence-electron chi connectivity index (χ1n) is 10.8. The van der Waals surface area contributed by atoms with Gasteiger partial charge in [-0.2, -0.15) is 0 Å². The standard InChI is InChI=1S/C23H31N3O3S/c1-4-6-7-8-9-14-23(3)21(27)26(22(28)25-23)15-18-16-30-20(24-18)17-10-12-19(13-11-17)29-5-2/h10-13,16H,4-9,14-15H2,1-3H3,(H,25,28)/t23-/m1/s1. The normalized spacial score (nSPS) is 18.7. The van der Waals surface area contributed by atoms with Crippen molar-refractivity contribution < 1.29 is 14.3 Å². The Balaban J connectivity index is 1.61. The van der Waals surface area contributed by atoms with Crippen molar-refractivity contribution in [2.75, 3.05) is 6.61 Å². The third kappa shape index (κ3) is 5.19. The maximum atomic E-state index is 12.9. The lowest BCUT2D eigenvalue weighted by Gasteiger charge is -2.21. The van der Waals surface area contributed by atoms with E-state index in [1.807, 2.05) is 43.5 Å². The number of urea groups is 1. The van der Waals surface area contributed by atoms with E-state index < -0.39 is 5.54 Å². The number of nitrogens with zero attached hydrogens (tertiary/aromatic N) is 2. The summed E-state index contributed by atoms with van der Waals surface area (Å²) in [7, 11) is 0. The van der Waals surface area contributed by atoms with Crippen molar-refractivity contribution in [2.45, 2.75) is 71.4 Å². The zero-order valence-corrected chi connectivity index (χ0v) is 18.9. The van der Waals surface area contributed by atoms with Crippen molar-refractivity contribution >= 4 is 23.3 Å². The fourth-order valence-corrected chi connectivity index (χ4v) is 4.49. The second kappa shape index (κ2) is 10.1. The Bertz CT molecular complexity index is 865. The molecule has 1 aliphatic heterocycles. The van der Waals surface area contributed by atoms with Crippen LogP contribution in [0.5, 0.6) is 5.75 Å². The van der Waals surface area contributed by atoms with Crippen LogP contribution in [-0.2, 0) is 11.3 Å². The van der Waals surface area contributed by atoms with Crippen molar-refractivity contribution in [2.24, 2.45) is 0 Å². The Kier molecular flexibility index (Phi) is 7.48. The van der Waals surface area contributed by atoms with Crippen molar-refractivity contribution in [3.8, 4) is 16.3 Å². The van der Waals surface area contributed by atoms with Crippen molar-refractivity contribution in [3.05, 3.63) is 35.3 Å². The highest BCUT2D eigenvalue weighted by molar-refractivity contribution is 7.13. The number of hydrogen-bond acceptors (Lipinski definition) is 5. The van der Waals surface area contributed by atoms with Crippen LogP contribution in [0.4, 0.5) is 4.79 Å². The van der Waals surface area contributed by atoms with E-state index in [-0.39, 0.29) is 18.5 Å². The Labute approximate surface area is 182 Å². The number of amides is 3. The van der Waals surface area contributed by atoms with Gasteiger partial charge in [0.25, 0.3) is 5.91 Å². The van der Waals surface area contributed by atoms with Crippen LogP contribution < -0.4 is 10.1 Å². The summed E-state index contributed by atoms with van der Waals surface area (Å²) >= 11 is 1.51. The first-order chi connectivity index (χ1) is 14.5. The van der Waals surface area contributed by atoms with Gasteiger partial charge < -0.3 is 10.1 Å². The Hall–Kier alpha value is -2.41. The van der Waals surface area contributed by atoms with E-state index in [1.165, 1.54) is 35.5 Å². The number of imide groups is 1. The number of aromatic nitrogens is 1. The topological polar surface area (TPSA) is 71.5 Å². The molecule has 1 aromatic heterocycles. The molecule has 7 heteroatoms. The van der Waals surface area contributed by atoms with Crippen LogP contribution in [0.3, 0.4) is 0 Å². The second-order valence-corrected chi connectivity index (χ2v) is 8.78. The minimum atomic E-state index is -0.808. The van der Waals surface area contributed by atoms with Crippen LogP contribution in [0.25, 0.3) is 10.6 Å². The van der Waals surface area contributed by atoms with Crippen LogP contribution in [0.2, 0.25) is 0 Å². The molecule has 1 aliphatic rings. The molecule has 0 radical (unpaired) electrons. The van der Waals surface area contributed by atoms with E-state index in [4.69, 9.17) is 4.74 Å². The lowest BCUT2D eigenvalue weighted by molar-refractivity contribution is -0.131. The Morgan fingerprint density at radius 2 is 1.83 bits per heavy atom. The number of unbranched alkanes of at least 4 members (excludes halogenated alkanes) is 4. The van der Waals surface area contributed by atoms with Crippen LogP contribution in [0.1, 0.15) is 65.0 Å². The van der Waals surface area contributed by atoms with E-state index in [2.05, 4.69) is 17.2 Å². The summed E-state index contributed by atoms with van der Waals surface area (Å²) in [5.41, 5.74) is 0.903. The van der Waals surface area contributed by atoms with E-state index in [0.29, 0.717) is 13.0 Å². The third-order valence-corrected chi connectivity index (χ3v) is 6.35. The van der Waals surface area contributed by atoms with Gasteiger partial charge in [-0.15, -0.1) is 11.3 Å². The van der Waals surface area contributed by atoms with Crippen LogP contribution in [0.15, 0.2) is 29.6 Å². The fourth-order valence-electron chi connectivity index (χ4n) is 3.68. The highest BCUT2D eigenvalue weighted by Crippen LogP contribution is 2.29. The van der Waals surface area contributed by atoms with Gasteiger partial charge in [-0.25, -0.2) is 9.78 Å². The van der Waals surface area contributed by atoms with E-state index in [0.717, 1.165) is 34.9 Å². The van der Waals surface area contributed by atoms with Crippen molar-refractivity contribution in [1.82, 2.24) is 15.2 Å². The van der Waals surface area contributed by atoms with Gasteiger partial charge in [0.2, 0.25) is 0 Å². The van der Waals surface area contributed by atoms with Crippen LogP contribution >= 0.6 is 11.3 Å². The molecular formula is C23H31N3O3S. The van der Waals surface area contributed by atoms with E-state index in [9.17, 15) is 9.59 Å². The average molecular weight is 430 g/mol. The summed E-state index contributed by atoms with van der Waals surface area (Å²) in [6.07, 6.45) is 6.27. The molecule has 0 saturated carbocycles. The molecule has 1 saturated heterocycles. The molecule has 3 amide bonds. The largest absolute Gasteiger partial charge is 0.494 e. The maximum Gasteiger partial charge on any atom is 0.325 e. The van der Waals surface area contributed by atoms with Crippen molar-refractivity contribution in [3.63, 3.8) is 0 Å². The quantitative estimate of drug-likeness (QED) is 0.384. The molecule has 1 atom stereocenters. The molecule has 3 rings (SSSR count). The van der Waals surface area contributed by atoms with E-state index >= 15 is 0 Å². The number of rotatable bonds is 11. The summed E-state index contributed by atoms with van der Waals surface area (Å²) in [4.78, 5) is 31.3. The number of carbonyl (C=O) groups is 2. The summed E-state index contributed by atoms with van der Waals surface area (Å²) in [5, 5.41) is 5.67. The predicted octanol–water partition coefficient (Wildman–Crippen LogP) is 5.38. The van der Waals surface area contributed by atoms with Gasteiger partial charge in [-0.05, 0) is 44.5 Å². The minimum absolute atomic E-state index is 0.154. The number of carbonyl (C=O) groups excluding carboxylic acids is 2. The zero-order chi connectivity index (χ0) is 21.6. The number of ether oxygens (including phenoxy) is 1. The minimum Gasteiger partial charge on any atom is -0.494 e. The SMILES string of the molecule is CCCCCCC[C@@]1(C)NC(=O)N(Cc2csc(-c3ccc(OCC)cc3)n2)C1=O. The fraction of sp³-hybridized carbons (Fsp3) is 0.522. The molecule has 0 aliphatic carbocycles. The summed E-state index contributed by atoms with van der Waals surface area (Å²) in [6.45, 7) is 6.79. The lowest BCUT2D eigenvalue weighted by atomic mass is 9.94. The molecule has 2 aromatic rings. The number of thiazole rings is 1. The molecule has 162 valence electrons. The molecule has 0 unspecified atom stereocenters. The number of nitrogens with one attached hydrogen (secondary N) is 1. The molecular weight excluding hydrogens is 398 g/mol. The van der Waals surface area contributed by atoms with Gasteiger partial charge in [-0.1, -0.05) is 39.0 Å². The molecule has 0 bridgehead atoms. The molecule has 0 spiro atoms. The first-order valence-corrected chi connectivity index (χ1v) is 11.7. The number of benzene rings is 1. The summed E-state index contributed by atoms with van der Waals surface area (Å²) in [5.74, 6) is 0.671. The molecule has 1 aromatic carbocycles. The molecule has 1 N–H and O–H groups in total. The molecule has 6 nitrogen and oxygen atoms in total. The molecule has 30 heavy (non-hydrogen) atoms. The predicted molar refractivity (Wildman–Crippen MR) is 120 cm³/mol. The van der Waals surface area contributed by atoms with E-state index in [1.54, 1.807) is 0 Å². The Morgan fingerprint density at radius 3 is 2.53 bits per heavy atom. The van der Waals surface area contributed by atoms with Gasteiger partial charge >= 0.3 is 6.03 Å². The van der Waals surface area contributed by atoms with Crippen LogP contribution in [0, 0.1) is 0 Å². The smallest absolute Gasteiger partial charge is 0.325 e. The Morgan fingerprint density at radius 1 is 1.10 bits per heavy atom. The summed E-state index contributed by atoms with van der Waals surface area (Å²) in [6, 6.07) is 7.45. The maximum absolute atomic E-state index is 12.9. The highest BCUT2D eigenvalue weighted by Gasteiger charge is 2.47. The van der Waals surface area contributed by atoms with Crippen LogP contribution in [-0.4, -0.2) is 34.0 Å². The van der Waals surface area contributed by atoms with Crippen molar-refractivity contribution in [1.29, 1.82) is 0 Å². The van der Waals surface area contributed by atoms with Gasteiger partial charge in [0, 0.05) is 10.9 Å². The average Bonchev–Trinajstić information content (AvgIpc) is 3.28. The van der Waals surface area contributed by atoms with Gasteiger partial charge in [0.05, 0.1) is 18.8 Å². The van der Waals surface area contributed by atoms with Gasteiger partial charge in [-0.3, -0.25) is 9.69 Å². The summed E-state index contributed by atoms with van der Waals surface area (Å²) < 4.78 is 5.48. The number of hydrogen-bond donors (Lipinski definition) is 1. The third-order valence-electron chi connectivity index (χ3n) is 5.41. The zero-order valence-electron chi connectivity index (χ0n) is 18.1. The lowest BCUT2D eigenvalue weighted by Crippen LogP contribution is -2.43. The van der Waals surface area contributed by atoms with Gasteiger partial charge in [0.15, 0.2) is 0 Å². The first kappa shape index (κ1) is 22.3. The second-order valence-electron chi connectivity index (χ2n) is 7.92.